The molecule has 0 amide bonds. The summed E-state index contributed by atoms with van der Waals surface area (Å²) in [5, 5.41) is 2.81. The van der Waals surface area contributed by atoms with E-state index in [-0.39, 0.29) is 5.78 Å². The largest absolute Gasteiger partial charge is 0.294 e. The first-order valence-corrected chi connectivity index (χ1v) is 3.60. The van der Waals surface area contributed by atoms with E-state index in [4.69, 9.17) is 0 Å². The van der Waals surface area contributed by atoms with E-state index in [2.05, 4.69) is 5.18 Å². The summed E-state index contributed by atoms with van der Waals surface area (Å²) in [6.45, 7) is 3.18. The van der Waals surface area contributed by atoms with Crippen LogP contribution < -0.4 is 0 Å². The van der Waals surface area contributed by atoms with E-state index in [9.17, 15) is 9.70 Å². The van der Waals surface area contributed by atoms with Gasteiger partial charge in [-0.2, -0.15) is 0 Å². The van der Waals surface area contributed by atoms with E-state index in [0.717, 1.165) is 0 Å². The number of benzene rings is 1. The van der Waals surface area contributed by atoms with Crippen molar-refractivity contribution in [2.75, 3.05) is 0 Å². The molecule has 62 valence electrons. The Kier molecular flexibility index (Phi) is 2.33. The normalized spacial score (nSPS) is 9.50. The van der Waals surface area contributed by atoms with Crippen molar-refractivity contribution >= 4 is 11.5 Å². The predicted octanol–water partition coefficient (Wildman–Crippen LogP) is 2.60. The molecule has 0 unspecified atom stereocenters. The Bertz CT molecular complexity index is 331. The Labute approximate surface area is 70.4 Å². The van der Waals surface area contributed by atoms with Crippen LogP contribution in [0.3, 0.4) is 0 Å². The number of carbonyl (C=O) groups excluding carboxylic acids is 1. The lowest BCUT2D eigenvalue weighted by atomic mass is 10.0. The molecule has 0 atom stereocenters. The Morgan fingerprint density at radius 1 is 1.42 bits per heavy atom. The molecule has 1 aromatic rings. The molecule has 0 saturated heterocycles. The number of rotatable bonds is 2. The molecule has 0 fully saturated rings. The van der Waals surface area contributed by atoms with Crippen molar-refractivity contribution in [1.82, 2.24) is 0 Å². The molecule has 12 heavy (non-hydrogen) atoms. The summed E-state index contributed by atoms with van der Waals surface area (Å²) in [5.41, 5.74) is 1.55. The molecule has 1 rings (SSSR count). The number of Topliss-reactive ketones (excluding diaryl/α,β-unsaturated/α-hetero) is 1. The molecular weight excluding hydrogens is 154 g/mol. The number of hydrogen-bond donors (Lipinski definition) is 0. The van der Waals surface area contributed by atoms with Gasteiger partial charge in [0, 0.05) is 5.56 Å². The first-order valence-electron chi connectivity index (χ1n) is 3.60. The fraction of sp³-hybridized carbons (Fsp3) is 0.222. The highest BCUT2D eigenvalue weighted by molar-refractivity contribution is 5.96. The van der Waals surface area contributed by atoms with Crippen LogP contribution in [-0.2, 0) is 0 Å². The van der Waals surface area contributed by atoms with E-state index in [1.807, 2.05) is 0 Å². The number of carbonyl (C=O) groups is 1. The van der Waals surface area contributed by atoms with Crippen LogP contribution in [0.15, 0.2) is 23.4 Å². The topological polar surface area (TPSA) is 46.5 Å². The van der Waals surface area contributed by atoms with Gasteiger partial charge in [0.05, 0.1) is 0 Å². The quantitative estimate of drug-likeness (QED) is 0.497. The van der Waals surface area contributed by atoms with Gasteiger partial charge in [-0.1, -0.05) is 12.1 Å². The maximum atomic E-state index is 11.0. The molecule has 0 aliphatic rings. The van der Waals surface area contributed by atoms with E-state index >= 15 is 0 Å². The van der Waals surface area contributed by atoms with E-state index in [1.54, 1.807) is 25.1 Å². The van der Waals surface area contributed by atoms with Crippen LogP contribution in [0, 0.1) is 11.8 Å². The van der Waals surface area contributed by atoms with Gasteiger partial charge in [-0.05, 0) is 30.7 Å². The van der Waals surface area contributed by atoms with Gasteiger partial charge in [0.25, 0.3) is 0 Å². The van der Waals surface area contributed by atoms with Gasteiger partial charge < -0.3 is 0 Å². The molecule has 0 saturated carbocycles. The molecule has 0 spiro atoms. The van der Waals surface area contributed by atoms with Gasteiger partial charge in [0.15, 0.2) is 5.78 Å². The molecule has 3 heteroatoms. The van der Waals surface area contributed by atoms with Crippen LogP contribution >= 0.6 is 0 Å². The predicted molar refractivity (Wildman–Crippen MR) is 46.6 cm³/mol. The molecule has 0 aliphatic heterocycles. The van der Waals surface area contributed by atoms with Gasteiger partial charge in [0.2, 0.25) is 0 Å². The minimum absolute atomic E-state index is 0.0435. The Balaban J connectivity index is 3.32. The molecule has 0 heterocycles. The molecule has 0 aliphatic carbocycles. The lowest BCUT2D eigenvalue weighted by molar-refractivity contribution is 0.101. The maximum Gasteiger partial charge on any atom is 0.160 e. The maximum absolute atomic E-state index is 11.0. The Morgan fingerprint density at radius 3 is 2.58 bits per heavy atom. The third-order valence-electron chi connectivity index (χ3n) is 1.78. The summed E-state index contributed by atoms with van der Waals surface area (Å²) in [6, 6.07) is 4.93. The fourth-order valence-corrected chi connectivity index (χ4v) is 1.10. The highest BCUT2D eigenvalue weighted by atomic mass is 16.3. The van der Waals surface area contributed by atoms with Gasteiger partial charge in [-0.3, -0.25) is 4.79 Å². The zero-order valence-electron chi connectivity index (χ0n) is 7.00. The molecule has 0 radical (unpaired) electrons. The highest BCUT2D eigenvalue weighted by Gasteiger charge is 2.06. The zero-order valence-corrected chi connectivity index (χ0v) is 7.00. The van der Waals surface area contributed by atoms with Gasteiger partial charge in [-0.25, -0.2) is 0 Å². The van der Waals surface area contributed by atoms with Crippen molar-refractivity contribution < 1.29 is 4.79 Å². The first kappa shape index (κ1) is 8.59. The summed E-state index contributed by atoms with van der Waals surface area (Å²) >= 11 is 0. The van der Waals surface area contributed by atoms with Crippen molar-refractivity contribution in [1.29, 1.82) is 0 Å². The zero-order chi connectivity index (χ0) is 9.14. The van der Waals surface area contributed by atoms with E-state index in [0.29, 0.717) is 16.8 Å². The van der Waals surface area contributed by atoms with Crippen molar-refractivity contribution in [2.45, 2.75) is 13.8 Å². The molecule has 1 aromatic carbocycles. The molecule has 0 N–H and O–H groups in total. The summed E-state index contributed by atoms with van der Waals surface area (Å²) < 4.78 is 0. The lowest BCUT2D eigenvalue weighted by Crippen LogP contribution is -1.95. The van der Waals surface area contributed by atoms with Gasteiger partial charge in [0.1, 0.15) is 5.69 Å². The SMILES string of the molecule is CC(=O)c1cccc(N=O)c1C. The minimum Gasteiger partial charge on any atom is -0.294 e. The summed E-state index contributed by atoms with van der Waals surface area (Å²) in [5.74, 6) is -0.0435. The van der Waals surface area contributed by atoms with Crippen LogP contribution in [-0.4, -0.2) is 5.78 Å². The summed E-state index contributed by atoms with van der Waals surface area (Å²) in [7, 11) is 0. The lowest BCUT2D eigenvalue weighted by Gasteiger charge is -2.01. The van der Waals surface area contributed by atoms with Gasteiger partial charge in [-0.15, -0.1) is 4.91 Å². The van der Waals surface area contributed by atoms with Crippen LogP contribution in [0.1, 0.15) is 22.8 Å². The smallest absolute Gasteiger partial charge is 0.160 e. The standard InChI is InChI=1S/C9H9NO2/c1-6-8(7(2)11)4-3-5-9(6)10-12/h3-5H,1-2H3. The number of nitroso groups, excluding NO2 is 1. The van der Waals surface area contributed by atoms with Crippen LogP contribution in [0.5, 0.6) is 0 Å². The monoisotopic (exact) mass is 163 g/mol. The van der Waals surface area contributed by atoms with E-state index < -0.39 is 0 Å². The number of hydrogen-bond acceptors (Lipinski definition) is 3. The van der Waals surface area contributed by atoms with E-state index in [1.165, 1.54) is 6.92 Å². The Hall–Kier alpha value is -1.51. The second-order valence-electron chi connectivity index (χ2n) is 2.60. The molecule has 0 bridgehead atoms. The molecule has 0 aromatic heterocycles. The number of nitrogens with zero attached hydrogens (tertiary/aromatic N) is 1. The average Bonchev–Trinajstić information content (AvgIpc) is 2.04. The third kappa shape index (κ3) is 1.39. The second kappa shape index (κ2) is 3.26. The van der Waals surface area contributed by atoms with Crippen molar-refractivity contribution in [3.8, 4) is 0 Å². The average molecular weight is 163 g/mol. The van der Waals surface area contributed by atoms with Crippen LogP contribution in [0.2, 0.25) is 0 Å². The van der Waals surface area contributed by atoms with Crippen LogP contribution in [0.25, 0.3) is 0 Å². The summed E-state index contributed by atoms with van der Waals surface area (Å²) in [4.78, 5) is 21.2. The second-order valence-corrected chi connectivity index (χ2v) is 2.60. The summed E-state index contributed by atoms with van der Waals surface area (Å²) in [6.07, 6.45) is 0. The van der Waals surface area contributed by atoms with Crippen LogP contribution in [0.4, 0.5) is 5.69 Å². The molecular formula is C9H9NO2. The fourth-order valence-electron chi connectivity index (χ4n) is 1.10. The van der Waals surface area contributed by atoms with Crippen molar-refractivity contribution in [3.63, 3.8) is 0 Å². The van der Waals surface area contributed by atoms with Crippen molar-refractivity contribution in [3.05, 3.63) is 34.2 Å². The van der Waals surface area contributed by atoms with Crippen molar-refractivity contribution in [2.24, 2.45) is 5.18 Å². The number of ketones is 1. The highest BCUT2D eigenvalue weighted by Crippen LogP contribution is 2.21. The third-order valence-corrected chi connectivity index (χ3v) is 1.78. The first-order chi connectivity index (χ1) is 5.66. The minimum atomic E-state index is -0.0435. The molecule has 3 nitrogen and oxygen atoms in total. The van der Waals surface area contributed by atoms with Gasteiger partial charge >= 0.3 is 0 Å². The Morgan fingerprint density at radius 2 is 2.08 bits per heavy atom.